The smallest absolute Gasteiger partial charge is 0.226 e. The standard InChI is InChI=1S/C21H26N4O3/c1-28-14-13-25-19(26)15-17(20(25)16-7-3-2-4-8-16)21(27)24-12-11-23-18-9-5-6-10-22-18/h2-10,17,20H,11-15H2,1H3,(H,22,23)(H,24,27)/t17-,20+/m1/s1. The van der Waals surface area contributed by atoms with Gasteiger partial charge in [0.25, 0.3) is 0 Å². The van der Waals surface area contributed by atoms with Crippen LogP contribution in [0.4, 0.5) is 5.82 Å². The third-order valence-electron chi connectivity index (χ3n) is 4.84. The lowest BCUT2D eigenvalue weighted by Gasteiger charge is -2.28. The number of benzene rings is 1. The molecule has 7 nitrogen and oxygen atoms in total. The number of anilines is 1. The summed E-state index contributed by atoms with van der Waals surface area (Å²) in [4.78, 5) is 31.3. The minimum absolute atomic E-state index is 0.0161. The van der Waals surface area contributed by atoms with E-state index in [4.69, 9.17) is 4.74 Å². The number of likely N-dealkylation sites (tertiary alicyclic amines) is 1. The molecular formula is C21H26N4O3. The molecule has 3 rings (SSSR count). The van der Waals surface area contributed by atoms with Crippen LogP contribution in [0.5, 0.6) is 0 Å². The Labute approximate surface area is 165 Å². The molecule has 148 valence electrons. The van der Waals surface area contributed by atoms with Crippen molar-refractivity contribution in [3.63, 3.8) is 0 Å². The summed E-state index contributed by atoms with van der Waals surface area (Å²) in [5.41, 5.74) is 0.969. The zero-order valence-electron chi connectivity index (χ0n) is 16.0. The highest BCUT2D eigenvalue weighted by atomic mass is 16.5. The average Bonchev–Trinajstić information content (AvgIpc) is 3.07. The number of ether oxygens (including phenoxy) is 1. The van der Waals surface area contributed by atoms with E-state index in [1.807, 2.05) is 48.5 Å². The first kappa shape index (κ1) is 19.8. The van der Waals surface area contributed by atoms with E-state index in [-0.39, 0.29) is 24.3 Å². The van der Waals surface area contributed by atoms with Gasteiger partial charge in [-0.25, -0.2) is 4.98 Å². The normalized spacial score (nSPS) is 18.9. The number of aromatic nitrogens is 1. The third kappa shape index (κ3) is 4.86. The lowest BCUT2D eigenvalue weighted by molar-refractivity contribution is -0.129. The highest BCUT2D eigenvalue weighted by molar-refractivity contribution is 5.90. The van der Waals surface area contributed by atoms with Crippen molar-refractivity contribution in [2.24, 2.45) is 5.92 Å². The van der Waals surface area contributed by atoms with Crippen LogP contribution in [0.3, 0.4) is 0 Å². The Hall–Kier alpha value is -2.93. The van der Waals surface area contributed by atoms with Gasteiger partial charge in [-0.15, -0.1) is 0 Å². The summed E-state index contributed by atoms with van der Waals surface area (Å²) in [6.07, 6.45) is 1.92. The van der Waals surface area contributed by atoms with Crippen LogP contribution in [0, 0.1) is 5.92 Å². The Morgan fingerprint density at radius 2 is 1.96 bits per heavy atom. The van der Waals surface area contributed by atoms with Gasteiger partial charge in [-0.05, 0) is 17.7 Å². The first-order valence-electron chi connectivity index (χ1n) is 9.46. The van der Waals surface area contributed by atoms with Crippen molar-refractivity contribution in [3.8, 4) is 0 Å². The maximum Gasteiger partial charge on any atom is 0.226 e. The van der Waals surface area contributed by atoms with Crippen LogP contribution in [0.15, 0.2) is 54.7 Å². The first-order chi connectivity index (χ1) is 13.7. The lowest BCUT2D eigenvalue weighted by atomic mass is 9.93. The maximum absolute atomic E-state index is 12.8. The van der Waals surface area contributed by atoms with Crippen molar-refractivity contribution in [2.75, 3.05) is 38.7 Å². The van der Waals surface area contributed by atoms with Gasteiger partial charge in [-0.1, -0.05) is 36.4 Å². The summed E-state index contributed by atoms with van der Waals surface area (Å²) < 4.78 is 5.14. The van der Waals surface area contributed by atoms with Crippen LogP contribution in [0.25, 0.3) is 0 Å². The summed E-state index contributed by atoms with van der Waals surface area (Å²) in [6.45, 7) is 1.93. The molecule has 1 aliphatic heterocycles. The summed E-state index contributed by atoms with van der Waals surface area (Å²) in [7, 11) is 1.61. The molecule has 0 radical (unpaired) electrons. The number of pyridine rings is 1. The van der Waals surface area contributed by atoms with Crippen molar-refractivity contribution >= 4 is 17.6 Å². The van der Waals surface area contributed by atoms with Gasteiger partial charge in [0, 0.05) is 39.4 Å². The number of hydrogen-bond acceptors (Lipinski definition) is 5. The fourth-order valence-electron chi connectivity index (χ4n) is 3.52. The molecule has 0 bridgehead atoms. The zero-order chi connectivity index (χ0) is 19.8. The van der Waals surface area contributed by atoms with Crippen LogP contribution in [0.1, 0.15) is 18.0 Å². The van der Waals surface area contributed by atoms with E-state index in [1.54, 1.807) is 18.2 Å². The van der Waals surface area contributed by atoms with E-state index < -0.39 is 5.92 Å². The molecule has 0 spiro atoms. The first-order valence-corrected chi connectivity index (χ1v) is 9.46. The number of nitrogens with zero attached hydrogens (tertiary/aromatic N) is 2. The van der Waals surface area contributed by atoms with E-state index >= 15 is 0 Å². The number of methoxy groups -OCH3 is 1. The van der Waals surface area contributed by atoms with E-state index in [1.165, 1.54) is 0 Å². The summed E-state index contributed by atoms with van der Waals surface area (Å²) in [5.74, 6) is 0.227. The van der Waals surface area contributed by atoms with E-state index in [0.29, 0.717) is 26.2 Å². The van der Waals surface area contributed by atoms with Crippen molar-refractivity contribution < 1.29 is 14.3 Å². The summed E-state index contributed by atoms with van der Waals surface area (Å²) in [5, 5.41) is 6.11. The summed E-state index contributed by atoms with van der Waals surface area (Å²) >= 11 is 0. The van der Waals surface area contributed by atoms with Crippen LogP contribution in [-0.2, 0) is 14.3 Å². The van der Waals surface area contributed by atoms with Gasteiger partial charge in [-0.3, -0.25) is 9.59 Å². The Morgan fingerprint density at radius 3 is 2.68 bits per heavy atom. The Balaban J connectivity index is 1.62. The number of hydrogen-bond donors (Lipinski definition) is 2. The van der Waals surface area contributed by atoms with E-state index in [9.17, 15) is 9.59 Å². The Morgan fingerprint density at radius 1 is 1.18 bits per heavy atom. The van der Waals surface area contributed by atoms with Crippen molar-refractivity contribution in [1.82, 2.24) is 15.2 Å². The van der Waals surface area contributed by atoms with Gasteiger partial charge in [0.2, 0.25) is 11.8 Å². The van der Waals surface area contributed by atoms with Crippen molar-refractivity contribution in [3.05, 3.63) is 60.3 Å². The molecule has 2 aromatic rings. The number of nitrogens with one attached hydrogen (secondary N) is 2. The largest absolute Gasteiger partial charge is 0.383 e. The predicted molar refractivity (Wildman–Crippen MR) is 107 cm³/mol. The van der Waals surface area contributed by atoms with Gasteiger partial charge in [-0.2, -0.15) is 0 Å². The van der Waals surface area contributed by atoms with Gasteiger partial charge in [0.05, 0.1) is 18.6 Å². The zero-order valence-corrected chi connectivity index (χ0v) is 16.0. The molecular weight excluding hydrogens is 356 g/mol. The third-order valence-corrected chi connectivity index (χ3v) is 4.84. The molecule has 1 aliphatic rings. The van der Waals surface area contributed by atoms with Crippen LogP contribution >= 0.6 is 0 Å². The molecule has 0 aliphatic carbocycles. The molecule has 7 heteroatoms. The fraction of sp³-hybridized carbons (Fsp3) is 0.381. The van der Waals surface area contributed by atoms with Crippen molar-refractivity contribution in [1.29, 1.82) is 0 Å². The predicted octanol–water partition coefficient (Wildman–Crippen LogP) is 1.85. The molecule has 2 atom stereocenters. The number of amides is 2. The second-order valence-electron chi connectivity index (χ2n) is 6.68. The van der Waals surface area contributed by atoms with Gasteiger partial charge in [0.15, 0.2) is 0 Å². The lowest BCUT2D eigenvalue weighted by Crippen LogP contribution is -2.38. The van der Waals surface area contributed by atoms with E-state index in [0.717, 1.165) is 11.4 Å². The van der Waals surface area contributed by atoms with E-state index in [2.05, 4.69) is 15.6 Å². The minimum atomic E-state index is -0.415. The minimum Gasteiger partial charge on any atom is -0.383 e. The molecule has 1 saturated heterocycles. The maximum atomic E-state index is 12.8. The SMILES string of the molecule is COCCN1C(=O)C[C@@H](C(=O)NCCNc2ccccn2)[C@@H]1c1ccccc1. The quantitative estimate of drug-likeness (QED) is 0.647. The average molecular weight is 382 g/mol. The highest BCUT2D eigenvalue weighted by Gasteiger charge is 2.44. The molecule has 0 unspecified atom stereocenters. The number of carbonyl (C=O) groups excluding carboxylic acids is 2. The molecule has 2 N–H and O–H groups in total. The monoisotopic (exact) mass is 382 g/mol. The van der Waals surface area contributed by atoms with Crippen LogP contribution in [0.2, 0.25) is 0 Å². The molecule has 1 aromatic heterocycles. The van der Waals surface area contributed by atoms with Gasteiger partial charge in [0.1, 0.15) is 5.82 Å². The topological polar surface area (TPSA) is 83.6 Å². The van der Waals surface area contributed by atoms with Gasteiger partial charge >= 0.3 is 0 Å². The highest BCUT2D eigenvalue weighted by Crippen LogP contribution is 2.38. The fourth-order valence-corrected chi connectivity index (χ4v) is 3.52. The molecule has 1 aromatic carbocycles. The molecule has 28 heavy (non-hydrogen) atoms. The number of carbonyl (C=O) groups is 2. The second-order valence-corrected chi connectivity index (χ2v) is 6.68. The molecule has 0 saturated carbocycles. The Kier molecular flexibility index (Phi) is 6.97. The number of rotatable bonds is 9. The second kappa shape index (κ2) is 9.85. The summed E-state index contributed by atoms with van der Waals surface area (Å²) in [6, 6.07) is 15.1. The van der Waals surface area contributed by atoms with Crippen LogP contribution in [-0.4, -0.2) is 55.0 Å². The van der Waals surface area contributed by atoms with Crippen LogP contribution < -0.4 is 10.6 Å². The Bertz CT molecular complexity index is 770. The molecule has 2 amide bonds. The molecule has 2 heterocycles. The molecule has 1 fully saturated rings. The van der Waals surface area contributed by atoms with Gasteiger partial charge < -0.3 is 20.3 Å². The van der Waals surface area contributed by atoms with Crippen molar-refractivity contribution in [2.45, 2.75) is 12.5 Å².